The first-order valence-electron chi connectivity index (χ1n) is 12.7. The van der Waals surface area contributed by atoms with Gasteiger partial charge in [0.2, 0.25) is 12.6 Å². The third-order valence-electron chi connectivity index (χ3n) is 7.40. The van der Waals surface area contributed by atoms with Gasteiger partial charge in [-0.15, -0.1) is 0 Å². The third kappa shape index (κ3) is 3.90. The molecule has 0 radical (unpaired) electrons. The number of pyridine rings is 1. The molecule has 200 valence electrons. The summed E-state index contributed by atoms with van der Waals surface area (Å²) in [5.74, 6) is 1.58. The maximum atomic E-state index is 12.7. The Morgan fingerprint density at radius 2 is 1.88 bits per heavy atom. The summed E-state index contributed by atoms with van der Waals surface area (Å²) in [6.07, 6.45) is 6.72. The van der Waals surface area contributed by atoms with Crippen LogP contribution in [0.3, 0.4) is 0 Å². The topological polar surface area (TPSA) is 167 Å². The Hall–Kier alpha value is -5.33. The molecule has 1 aromatic carbocycles. The van der Waals surface area contributed by atoms with Crippen LogP contribution in [0.1, 0.15) is 45.4 Å². The molecule has 1 fully saturated rings. The predicted molar refractivity (Wildman–Crippen MR) is 142 cm³/mol. The minimum Gasteiger partial charge on any atom is -0.454 e. The molecule has 0 atom stereocenters. The molecule has 2 aliphatic rings. The summed E-state index contributed by atoms with van der Waals surface area (Å²) >= 11 is 0. The maximum Gasteiger partial charge on any atom is 0.291 e. The Bertz CT molecular complexity index is 1740. The Kier molecular flexibility index (Phi) is 5.61. The number of carbonyl (C=O) groups excluding carboxylic acids is 2. The Balaban J connectivity index is 1.18. The van der Waals surface area contributed by atoms with Crippen LogP contribution in [0.4, 0.5) is 5.82 Å². The van der Waals surface area contributed by atoms with Crippen molar-refractivity contribution < 1.29 is 19.1 Å². The van der Waals surface area contributed by atoms with E-state index < -0.39 is 0 Å². The number of fused-ring (bicyclic) bond motifs is 2. The van der Waals surface area contributed by atoms with E-state index in [-0.39, 0.29) is 30.3 Å². The molecule has 13 heteroatoms. The highest BCUT2D eigenvalue weighted by Crippen LogP contribution is 2.37. The molecule has 0 saturated carbocycles. The number of nitrogens with zero attached hydrogens (tertiary/aromatic N) is 7. The molecule has 7 rings (SSSR count). The van der Waals surface area contributed by atoms with E-state index in [2.05, 4.69) is 25.3 Å². The molecule has 1 amide bonds. The lowest BCUT2D eigenvalue weighted by atomic mass is 9.90. The van der Waals surface area contributed by atoms with E-state index in [0.29, 0.717) is 54.3 Å². The van der Waals surface area contributed by atoms with Gasteiger partial charge in [0, 0.05) is 41.9 Å². The van der Waals surface area contributed by atoms with Crippen molar-refractivity contribution in [1.82, 2.24) is 39.7 Å². The minimum absolute atomic E-state index is 0.0551. The number of nitrogens with one attached hydrogen (secondary N) is 1. The van der Waals surface area contributed by atoms with Gasteiger partial charge in [-0.25, -0.2) is 9.97 Å². The van der Waals surface area contributed by atoms with Crippen LogP contribution in [0, 0.1) is 0 Å². The summed E-state index contributed by atoms with van der Waals surface area (Å²) in [5.41, 5.74) is 11.1. The van der Waals surface area contributed by atoms with Crippen molar-refractivity contribution in [2.75, 3.05) is 25.6 Å². The standard InChI is InChI=1S/C27H23N9O4/c28-24-19(12-37)23(15-5-7-35(8-6-15)27(38)25-30-13-31-34-25)33-26-18(11-32-36(24)26)17-1-3-20(29-10-17)16-2-4-21-22(9-16)40-14-39-21/h1-4,9-13,15H,5-8,14,28H2,(H,30,31,34). The second kappa shape index (κ2) is 9.45. The molecule has 5 aromatic rings. The van der Waals surface area contributed by atoms with Gasteiger partial charge >= 0.3 is 0 Å². The van der Waals surface area contributed by atoms with Gasteiger partial charge in [-0.3, -0.25) is 19.7 Å². The maximum absolute atomic E-state index is 12.7. The van der Waals surface area contributed by atoms with Crippen molar-refractivity contribution in [3.63, 3.8) is 0 Å². The van der Waals surface area contributed by atoms with Crippen LogP contribution in [-0.4, -0.2) is 71.7 Å². The normalized spacial score (nSPS) is 15.1. The molecule has 4 aromatic heterocycles. The van der Waals surface area contributed by atoms with Crippen molar-refractivity contribution in [2.45, 2.75) is 18.8 Å². The van der Waals surface area contributed by atoms with Crippen LogP contribution in [0.2, 0.25) is 0 Å². The van der Waals surface area contributed by atoms with Crippen LogP contribution in [0.25, 0.3) is 28.0 Å². The second-order valence-electron chi connectivity index (χ2n) is 9.61. The van der Waals surface area contributed by atoms with Crippen molar-refractivity contribution in [3.05, 3.63) is 66.1 Å². The molecule has 0 bridgehead atoms. The summed E-state index contributed by atoms with van der Waals surface area (Å²) in [5, 5.41) is 10.8. The summed E-state index contributed by atoms with van der Waals surface area (Å²) < 4.78 is 12.4. The van der Waals surface area contributed by atoms with E-state index in [1.807, 2.05) is 30.3 Å². The number of benzene rings is 1. The number of anilines is 1. The molecule has 1 saturated heterocycles. The summed E-state index contributed by atoms with van der Waals surface area (Å²) in [6.45, 7) is 1.20. The number of ether oxygens (including phenoxy) is 2. The molecule has 0 unspecified atom stereocenters. The van der Waals surface area contributed by atoms with E-state index in [9.17, 15) is 9.59 Å². The number of amides is 1. The lowest BCUT2D eigenvalue weighted by Gasteiger charge is -2.31. The number of aromatic amines is 1. The van der Waals surface area contributed by atoms with Crippen LogP contribution in [-0.2, 0) is 0 Å². The summed E-state index contributed by atoms with van der Waals surface area (Å²) in [7, 11) is 0. The molecule has 40 heavy (non-hydrogen) atoms. The van der Waals surface area contributed by atoms with Gasteiger partial charge in [-0.1, -0.05) is 6.07 Å². The zero-order chi connectivity index (χ0) is 27.2. The predicted octanol–water partition coefficient (Wildman–Crippen LogP) is 2.72. The first-order chi connectivity index (χ1) is 19.6. The number of hydrogen-bond donors (Lipinski definition) is 2. The van der Waals surface area contributed by atoms with Gasteiger partial charge in [0.1, 0.15) is 12.1 Å². The number of nitrogen functional groups attached to an aromatic ring is 1. The zero-order valence-corrected chi connectivity index (χ0v) is 21.1. The fraction of sp³-hybridized carbons (Fsp3) is 0.222. The molecular weight excluding hydrogens is 514 g/mol. The van der Waals surface area contributed by atoms with Crippen molar-refractivity contribution >= 4 is 23.7 Å². The smallest absolute Gasteiger partial charge is 0.291 e. The van der Waals surface area contributed by atoms with Crippen LogP contribution < -0.4 is 15.2 Å². The molecular formula is C27H23N9O4. The van der Waals surface area contributed by atoms with Crippen LogP contribution in [0.5, 0.6) is 11.5 Å². The molecule has 3 N–H and O–H groups in total. The fourth-order valence-electron chi connectivity index (χ4n) is 5.28. The quantitative estimate of drug-likeness (QED) is 0.318. The highest BCUT2D eigenvalue weighted by molar-refractivity contribution is 5.90. The average molecular weight is 538 g/mol. The van der Waals surface area contributed by atoms with Gasteiger partial charge in [-0.05, 0) is 37.1 Å². The number of hydrogen-bond acceptors (Lipinski definition) is 10. The number of piperidine rings is 1. The SMILES string of the molecule is Nc1c(C=O)c(C2CCN(C(=O)c3ncn[nH]3)CC2)nc2c(-c3ccc(-c4ccc5c(c4)OCO5)nc3)cnn12. The monoisotopic (exact) mass is 537 g/mol. The molecule has 0 spiro atoms. The van der Waals surface area contributed by atoms with E-state index in [1.165, 1.54) is 10.8 Å². The van der Waals surface area contributed by atoms with Gasteiger partial charge in [-0.2, -0.15) is 14.7 Å². The van der Waals surface area contributed by atoms with Crippen molar-refractivity contribution in [3.8, 4) is 33.9 Å². The second-order valence-corrected chi connectivity index (χ2v) is 9.61. The van der Waals surface area contributed by atoms with Crippen LogP contribution >= 0.6 is 0 Å². The van der Waals surface area contributed by atoms with Crippen molar-refractivity contribution in [2.24, 2.45) is 0 Å². The van der Waals surface area contributed by atoms with Gasteiger partial charge in [0.15, 0.2) is 23.4 Å². The average Bonchev–Trinajstić information content (AvgIpc) is 3.78. The minimum atomic E-state index is -0.204. The molecule has 2 aliphatic heterocycles. The van der Waals surface area contributed by atoms with Gasteiger partial charge in [0.05, 0.1) is 23.1 Å². The number of aromatic nitrogens is 7. The lowest BCUT2D eigenvalue weighted by Crippen LogP contribution is -2.38. The Morgan fingerprint density at radius 3 is 2.62 bits per heavy atom. The van der Waals surface area contributed by atoms with E-state index >= 15 is 0 Å². The van der Waals surface area contributed by atoms with E-state index in [4.69, 9.17) is 20.2 Å². The van der Waals surface area contributed by atoms with Gasteiger partial charge in [0.25, 0.3) is 5.91 Å². The zero-order valence-electron chi connectivity index (χ0n) is 21.1. The molecule has 13 nitrogen and oxygen atoms in total. The lowest BCUT2D eigenvalue weighted by molar-refractivity contribution is 0.0699. The highest BCUT2D eigenvalue weighted by atomic mass is 16.7. The number of carbonyl (C=O) groups is 2. The highest BCUT2D eigenvalue weighted by Gasteiger charge is 2.30. The molecule has 0 aliphatic carbocycles. The summed E-state index contributed by atoms with van der Waals surface area (Å²) in [6, 6.07) is 9.57. The Labute approximate surface area is 227 Å². The van der Waals surface area contributed by atoms with E-state index in [0.717, 1.165) is 28.7 Å². The summed E-state index contributed by atoms with van der Waals surface area (Å²) in [4.78, 5) is 40.0. The fourth-order valence-corrected chi connectivity index (χ4v) is 5.28. The Morgan fingerprint density at radius 1 is 1.05 bits per heavy atom. The largest absolute Gasteiger partial charge is 0.454 e. The number of rotatable bonds is 5. The number of likely N-dealkylation sites (tertiary alicyclic amines) is 1. The van der Waals surface area contributed by atoms with Crippen molar-refractivity contribution in [1.29, 1.82) is 0 Å². The number of aldehydes is 1. The molecule has 6 heterocycles. The van der Waals surface area contributed by atoms with E-state index in [1.54, 1.807) is 17.3 Å². The first kappa shape index (κ1) is 23.8. The number of nitrogens with two attached hydrogens (primary N) is 1. The first-order valence-corrected chi connectivity index (χ1v) is 12.7. The van der Waals surface area contributed by atoms with Gasteiger partial charge < -0.3 is 20.1 Å². The third-order valence-corrected chi connectivity index (χ3v) is 7.40. The van der Waals surface area contributed by atoms with Crippen LogP contribution in [0.15, 0.2) is 49.1 Å². The number of H-pyrrole nitrogens is 1.